The third-order valence-electron chi connectivity index (χ3n) is 3.51. The van der Waals surface area contributed by atoms with Crippen LogP contribution in [-0.2, 0) is 22.5 Å². The van der Waals surface area contributed by atoms with E-state index < -0.39 is 5.97 Å². The van der Waals surface area contributed by atoms with Crippen LogP contribution in [0.3, 0.4) is 0 Å². The van der Waals surface area contributed by atoms with Gasteiger partial charge in [0.1, 0.15) is 0 Å². The summed E-state index contributed by atoms with van der Waals surface area (Å²) in [5, 5.41) is 12.1. The number of hydrogen-bond donors (Lipinski definition) is 2. The van der Waals surface area contributed by atoms with Crippen LogP contribution in [0.4, 0.5) is 0 Å². The van der Waals surface area contributed by atoms with E-state index in [1.807, 2.05) is 31.3 Å². The van der Waals surface area contributed by atoms with Crippen LogP contribution in [0.1, 0.15) is 11.1 Å². The van der Waals surface area contributed by atoms with Crippen molar-refractivity contribution in [2.24, 2.45) is 0 Å². The van der Waals surface area contributed by atoms with Crippen LogP contribution in [0.5, 0.6) is 0 Å². The van der Waals surface area contributed by atoms with Crippen LogP contribution >= 0.6 is 0 Å². The number of benzene rings is 1. The number of carboxylic acids is 1. The highest BCUT2D eigenvalue weighted by atomic mass is 16.5. The van der Waals surface area contributed by atoms with Gasteiger partial charge in [-0.15, -0.1) is 0 Å². The van der Waals surface area contributed by atoms with E-state index in [0.29, 0.717) is 0 Å². The fourth-order valence-electron chi connectivity index (χ4n) is 2.56. The maximum Gasteiger partial charge on any atom is 0.307 e. The van der Waals surface area contributed by atoms with Crippen LogP contribution in [0.2, 0.25) is 0 Å². The summed E-state index contributed by atoms with van der Waals surface area (Å²) in [6.07, 6.45) is 0.292. The van der Waals surface area contributed by atoms with Crippen LogP contribution < -0.4 is 5.32 Å². The van der Waals surface area contributed by atoms with E-state index in [-0.39, 0.29) is 12.5 Å². The van der Waals surface area contributed by atoms with Crippen molar-refractivity contribution in [1.82, 2.24) is 10.2 Å². The Hall–Kier alpha value is -1.43. The number of likely N-dealkylation sites (N-methyl/N-ethyl adjacent to an activating group) is 1. The van der Waals surface area contributed by atoms with Gasteiger partial charge in [0.2, 0.25) is 0 Å². The summed E-state index contributed by atoms with van der Waals surface area (Å²) in [6.45, 7) is 4.12. The standard InChI is InChI=1S/C15H22N2O3/c1-16-9-14-11-17(6-7-20-14)10-13-5-3-2-4-12(13)8-15(18)19/h2-5,14,16H,6-11H2,1H3,(H,18,19). The fourth-order valence-corrected chi connectivity index (χ4v) is 2.56. The molecule has 1 fully saturated rings. The Balaban J connectivity index is 2.00. The lowest BCUT2D eigenvalue weighted by Gasteiger charge is -2.33. The minimum atomic E-state index is -0.785. The smallest absolute Gasteiger partial charge is 0.307 e. The zero-order valence-electron chi connectivity index (χ0n) is 11.8. The Morgan fingerprint density at radius 2 is 2.20 bits per heavy atom. The number of ether oxygens (including phenoxy) is 1. The Labute approximate surface area is 119 Å². The maximum absolute atomic E-state index is 10.9. The Bertz CT molecular complexity index is 448. The van der Waals surface area contributed by atoms with E-state index in [0.717, 1.165) is 43.9 Å². The normalized spacial score (nSPS) is 19.9. The molecule has 0 aliphatic carbocycles. The number of aliphatic carboxylic acids is 1. The lowest BCUT2D eigenvalue weighted by Crippen LogP contribution is -2.45. The Kier molecular flexibility index (Phi) is 5.52. The summed E-state index contributed by atoms with van der Waals surface area (Å²) < 4.78 is 5.68. The second-order valence-corrected chi connectivity index (χ2v) is 5.12. The van der Waals surface area contributed by atoms with Crippen LogP contribution in [-0.4, -0.2) is 55.4 Å². The molecular weight excluding hydrogens is 256 g/mol. The molecule has 1 aromatic carbocycles. The number of carbonyl (C=O) groups is 1. The molecule has 110 valence electrons. The molecule has 5 heteroatoms. The minimum Gasteiger partial charge on any atom is -0.481 e. The first-order chi connectivity index (χ1) is 9.69. The average molecular weight is 278 g/mol. The summed E-state index contributed by atoms with van der Waals surface area (Å²) in [5.74, 6) is -0.785. The molecule has 2 N–H and O–H groups in total. The Morgan fingerprint density at radius 3 is 2.90 bits per heavy atom. The van der Waals surface area contributed by atoms with Crippen molar-refractivity contribution >= 4 is 5.97 Å². The van der Waals surface area contributed by atoms with Gasteiger partial charge in [-0.25, -0.2) is 0 Å². The van der Waals surface area contributed by atoms with Crippen molar-refractivity contribution in [2.75, 3.05) is 33.3 Å². The summed E-state index contributed by atoms with van der Waals surface area (Å²) in [4.78, 5) is 13.2. The van der Waals surface area contributed by atoms with Crippen molar-refractivity contribution in [2.45, 2.75) is 19.1 Å². The third kappa shape index (κ3) is 4.30. The highest BCUT2D eigenvalue weighted by molar-refractivity contribution is 5.70. The molecule has 1 aromatic rings. The summed E-state index contributed by atoms with van der Waals surface area (Å²) in [5.41, 5.74) is 2.00. The molecule has 20 heavy (non-hydrogen) atoms. The van der Waals surface area contributed by atoms with Crippen molar-refractivity contribution in [3.63, 3.8) is 0 Å². The van der Waals surface area contributed by atoms with Gasteiger partial charge < -0.3 is 15.2 Å². The van der Waals surface area contributed by atoms with Crippen molar-refractivity contribution in [3.05, 3.63) is 35.4 Å². The molecule has 1 heterocycles. The highest BCUT2D eigenvalue weighted by Gasteiger charge is 2.20. The number of rotatable bonds is 6. The van der Waals surface area contributed by atoms with Gasteiger partial charge in [-0.05, 0) is 18.2 Å². The molecule has 0 radical (unpaired) electrons. The zero-order valence-corrected chi connectivity index (χ0v) is 11.8. The molecule has 1 saturated heterocycles. The zero-order chi connectivity index (χ0) is 14.4. The topological polar surface area (TPSA) is 61.8 Å². The molecule has 1 aliphatic rings. The third-order valence-corrected chi connectivity index (χ3v) is 3.51. The minimum absolute atomic E-state index is 0.0838. The lowest BCUT2D eigenvalue weighted by atomic mass is 10.0. The molecule has 1 aliphatic heterocycles. The second kappa shape index (κ2) is 7.38. The van der Waals surface area contributed by atoms with Crippen molar-refractivity contribution < 1.29 is 14.6 Å². The van der Waals surface area contributed by atoms with Crippen LogP contribution in [0.25, 0.3) is 0 Å². The van der Waals surface area contributed by atoms with E-state index >= 15 is 0 Å². The highest BCUT2D eigenvalue weighted by Crippen LogP contribution is 2.15. The summed E-state index contributed by atoms with van der Waals surface area (Å²) in [6, 6.07) is 7.77. The van der Waals surface area contributed by atoms with Crippen molar-refractivity contribution in [1.29, 1.82) is 0 Å². The molecule has 0 saturated carbocycles. The van der Waals surface area contributed by atoms with Gasteiger partial charge in [0.15, 0.2) is 0 Å². The predicted molar refractivity (Wildman–Crippen MR) is 76.7 cm³/mol. The van der Waals surface area contributed by atoms with Crippen LogP contribution in [0.15, 0.2) is 24.3 Å². The van der Waals surface area contributed by atoms with E-state index in [2.05, 4.69) is 10.2 Å². The molecule has 0 spiro atoms. The Morgan fingerprint density at radius 1 is 1.45 bits per heavy atom. The number of carboxylic acid groups (broad SMARTS) is 1. The number of hydrogen-bond acceptors (Lipinski definition) is 4. The predicted octanol–water partition coefficient (Wildman–Crippen LogP) is 0.734. The molecule has 0 aromatic heterocycles. The molecule has 5 nitrogen and oxygen atoms in total. The molecular formula is C15H22N2O3. The molecule has 0 bridgehead atoms. The van der Waals surface area contributed by atoms with Gasteiger partial charge in [0.25, 0.3) is 0 Å². The van der Waals surface area contributed by atoms with Gasteiger partial charge in [0.05, 0.1) is 19.1 Å². The summed E-state index contributed by atoms with van der Waals surface area (Å²) in [7, 11) is 1.92. The molecule has 0 amide bonds. The van der Waals surface area contributed by atoms with Gasteiger partial charge in [-0.2, -0.15) is 0 Å². The first-order valence-corrected chi connectivity index (χ1v) is 6.96. The lowest BCUT2D eigenvalue weighted by molar-refractivity contribution is -0.136. The number of morpholine rings is 1. The van der Waals surface area contributed by atoms with Gasteiger partial charge in [-0.1, -0.05) is 24.3 Å². The molecule has 1 unspecified atom stereocenters. The molecule has 1 atom stereocenters. The van der Waals surface area contributed by atoms with E-state index in [4.69, 9.17) is 9.84 Å². The fraction of sp³-hybridized carbons (Fsp3) is 0.533. The van der Waals surface area contributed by atoms with Gasteiger partial charge in [0, 0.05) is 26.2 Å². The average Bonchev–Trinajstić information content (AvgIpc) is 2.41. The largest absolute Gasteiger partial charge is 0.481 e. The monoisotopic (exact) mass is 278 g/mol. The first-order valence-electron chi connectivity index (χ1n) is 6.96. The van der Waals surface area contributed by atoms with Gasteiger partial charge in [-0.3, -0.25) is 9.69 Å². The molecule has 2 rings (SSSR count). The maximum atomic E-state index is 10.9. The van der Waals surface area contributed by atoms with E-state index in [1.54, 1.807) is 0 Å². The second-order valence-electron chi connectivity index (χ2n) is 5.12. The first kappa shape index (κ1) is 15.0. The summed E-state index contributed by atoms with van der Waals surface area (Å²) >= 11 is 0. The van der Waals surface area contributed by atoms with Crippen LogP contribution in [0, 0.1) is 0 Å². The SMILES string of the molecule is CNCC1CN(Cc2ccccc2CC(=O)O)CCO1. The van der Waals surface area contributed by atoms with Gasteiger partial charge >= 0.3 is 5.97 Å². The van der Waals surface area contributed by atoms with E-state index in [9.17, 15) is 4.79 Å². The van der Waals surface area contributed by atoms with E-state index in [1.165, 1.54) is 0 Å². The quantitative estimate of drug-likeness (QED) is 0.803. The number of nitrogens with one attached hydrogen (secondary N) is 1. The number of nitrogens with zero attached hydrogens (tertiary/aromatic N) is 1. The van der Waals surface area contributed by atoms with Crippen molar-refractivity contribution in [3.8, 4) is 0 Å².